The fraction of sp³-hybridized carbons (Fsp3) is 0.455. The van der Waals surface area contributed by atoms with Crippen molar-refractivity contribution >= 4 is 50.1 Å². The topological polar surface area (TPSA) is 95.2 Å². The Morgan fingerprint density at radius 1 is 1.22 bits per heavy atom. The smallest absolute Gasteiger partial charge is 0.252 e. The maximum atomic E-state index is 12.9. The van der Waals surface area contributed by atoms with E-state index in [1.165, 1.54) is 11.3 Å². The summed E-state index contributed by atoms with van der Waals surface area (Å²) in [6.45, 7) is 1.15. The summed E-state index contributed by atoms with van der Waals surface area (Å²) in [5.41, 5.74) is 1.81. The fourth-order valence-electron chi connectivity index (χ4n) is 3.88. The van der Waals surface area contributed by atoms with Gasteiger partial charge in [0, 0.05) is 18.0 Å². The molecular weight excluding hydrogens is 464 g/mol. The second-order valence-electron chi connectivity index (χ2n) is 7.90. The first-order chi connectivity index (χ1) is 15.5. The van der Waals surface area contributed by atoms with E-state index in [2.05, 4.69) is 15.3 Å². The van der Waals surface area contributed by atoms with E-state index in [9.17, 15) is 13.2 Å². The number of sulfonamides is 1. The van der Waals surface area contributed by atoms with Gasteiger partial charge in [-0.25, -0.2) is 13.4 Å². The number of hydrogen-bond acceptors (Lipinski definition) is 6. The lowest BCUT2D eigenvalue weighted by atomic mass is 10.2. The first-order valence-corrected chi connectivity index (χ1v) is 14.4. The van der Waals surface area contributed by atoms with Gasteiger partial charge in [0.1, 0.15) is 10.0 Å². The average Bonchev–Trinajstić information content (AvgIpc) is 3.44. The molecule has 0 spiro atoms. The van der Waals surface area contributed by atoms with E-state index in [0.717, 1.165) is 53.2 Å². The number of amides is 1. The van der Waals surface area contributed by atoms with Gasteiger partial charge in [0.05, 0.1) is 23.5 Å². The molecule has 1 saturated heterocycles. The van der Waals surface area contributed by atoms with Crippen molar-refractivity contribution in [1.82, 2.24) is 19.6 Å². The Balaban J connectivity index is 1.44. The van der Waals surface area contributed by atoms with Gasteiger partial charge < -0.3 is 10.3 Å². The van der Waals surface area contributed by atoms with E-state index < -0.39 is 10.0 Å². The van der Waals surface area contributed by atoms with Gasteiger partial charge in [-0.2, -0.15) is 16.1 Å². The molecule has 3 heterocycles. The predicted octanol–water partition coefficient (Wildman–Crippen LogP) is 3.95. The van der Waals surface area contributed by atoms with Crippen molar-refractivity contribution in [2.75, 3.05) is 25.1 Å². The molecule has 0 saturated carbocycles. The number of hydrogen-bond donors (Lipinski definition) is 2. The summed E-state index contributed by atoms with van der Waals surface area (Å²) < 4.78 is 27.6. The molecule has 2 aromatic heterocycles. The van der Waals surface area contributed by atoms with Crippen LogP contribution in [0.3, 0.4) is 0 Å². The van der Waals surface area contributed by atoms with Gasteiger partial charge in [-0.15, -0.1) is 11.3 Å². The van der Waals surface area contributed by atoms with Crippen molar-refractivity contribution in [1.29, 1.82) is 0 Å². The third kappa shape index (κ3) is 5.36. The van der Waals surface area contributed by atoms with E-state index >= 15 is 0 Å². The van der Waals surface area contributed by atoms with E-state index in [1.54, 1.807) is 28.2 Å². The number of thiophene rings is 1. The van der Waals surface area contributed by atoms with Crippen molar-refractivity contribution in [3.05, 3.63) is 47.1 Å². The number of para-hydroxylation sites is 2. The highest BCUT2D eigenvalue weighted by molar-refractivity contribution is 7.98. The van der Waals surface area contributed by atoms with E-state index in [1.807, 2.05) is 30.5 Å². The summed E-state index contributed by atoms with van der Waals surface area (Å²) in [6.07, 6.45) is 5.82. The Morgan fingerprint density at radius 2 is 2.00 bits per heavy atom. The van der Waals surface area contributed by atoms with Crippen LogP contribution in [-0.4, -0.2) is 53.7 Å². The lowest BCUT2D eigenvalue weighted by Crippen LogP contribution is -2.35. The molecule has 0 aliphatic carbocycles. The number of benzene rings is 1. The lowest BCUT2D eigenvalue weighted by molar-refractivity contribution is -0.121. The quantitative estimate of drug-likeness (QED) is 0.472. The van der Waals surface area contributed by atoms with Crippen LogP contribution in [0.1, 0.15) is 42.4 Å². The first kappa shape index (κ1) is 23.3. The maximum absolute atomic E-state index is 12.9. The normalized spacial score (nSPS) is 16.3. The number of nitrogens with zero attached hydrogens (tertiary/aromatic N) is 2. The van der Waals surface area contributed by atoms with Crippen LogP contribution in [0.15, 0.2) is 40.6 Å². The van der Waals surface area contributed by atoms with E-state index in [4.69, 9.17) is 0 Å². The average molecular weight is 493 g/mol. The summed E-state index contributed by atoms with van der Waals surface area (Å²) >= 11 is 2.91. The van der Waals surface area contributed by atoms with Crippen molar-refractivity contribution in [3.63, 3.8) is 0 Å². The number of carbonyl (C=O) groups is 1. The van der Waals surface area contributed by atoms with E-state index in [0.29, 0.717) is 17.3 Å². The zero-order chi connectivity index (χ0) is 22.6. The van der Waals surface area contributed by atoms with E-state index in [-0.39, 0.29) is 18.4 Å². The SMILES string of the molecule is CSCC[C@H](NC(=O)Cc1ccc(S(=O)(=O)N2CCCCC2)s1)c1nc2ccccc2[nH]1. The Hall–Kier alpha value is -1.88. The summed E-state index contributed by atoms with van der Waals surface area (Å²) in [5, 5.41) is 3.09. The molecule has 4 rings (SSSR count). The molecule has 32 heavy (non-hydrogen) atoms. The number of aromatic nitrogens is 2. The zero-order valence-corrected chi connectivity index (χ0v) is 20.5. The number of fused-ring (bicyclic) bond motifs is 1. The largest absolute Gasteiger partial charge is 0.346 e. The highest BCUT2D eigenvalue weighted by Crippen LogP contribution is 2.28. The van der Waals surface area contributed by atoms with Gasteiger partial charge in [-0.3, -0.25) is 4.79 Å². The predicted molar refractivity (Wildman–Crippen MR) is 131 cm³/mol. The minimum atomic E-state index is -3.47. The number of rotatable bonds is 9. The second-order valence-corrected chi connectivity index (χ2v) is 12.2. The van der Waals surface area contributed by atoms with Gasteiger partial charge in [-0.1, -0.05) is 18.6 Å². The van der Waals surface area contributed by atoms with Crippen LogP contribution in [0, 0.1) is 0 Å². The first-order valence-electron chi connectivity index (χ1n) is 10.8. The molecule has 1 aliphatic rings. The van der Waals surface area contributed by atoms with Crippen molar-refractivity contribution < 1.29 is 13.2 Å². The minimum Gasteiger partial charge on any atom is -0.346 e. The van der Waals surface area contributed by atoms with Crippen LogP contribution < -0.4 is 5.32 Å². The molecule has 7 nitrogen and oxygen atoms in total. The second kappa shape index (κ2) is 10.4. The summed E-state index contributed by atoms with van der Waals surface area (Å²) in [7, 11) is -3.47. The molecule has 3 aromatic rings. The van der Waals surface area contributed by atoms with Crippen LogP contribution in [0.5, 0.6) is 0 Å². The molecule has 2 N–H and O–H groups in total. The van der Waals surface area contributed by atoms with Crippen molar-refractivity contribution in [2.24, 2.45) is 0 Å². The Bertz CT molecular complexity index is 1130. The van der Waals surface area contributed by atoms with Crippen LogP contribution in [0.4, 0.5) is 0 Å². The number of aromatic amines is 1. The summed E-state index contributed by atoms with van der Waals surface area (Å²) in [5.74, 6) is 1.49. The molecule has 1 fully saturated rings. The maximum Gasteiger partial charge on any atom is 0.252 e. The molecule has 0 radical (unpaired) electrons. The molecular formula is C22H28N4O3S3. The molecule has 1 aromatic carbocycles. The fourth-order valence-corrected chi connectivity index (χ4v) is 7.38. The van der Waals surface area contributed by atoms with Crippen LogP contribution >= 0.6 is 23.1 Å². The highest BCUT2D eigenvalue weighted by atomic mass is 32.2. The third-order valence-electron chi connectivity index (χ3n) is 5.56. The number of thioether (sulfide) groups is 1. The monoisotopic (exact) mass is 492 g/mol. The van der Waals surface area contributed by atoms with Crippen LogP contribution in [0.25, 0.3) is 11.0 Å². The van der Waals surface area contributed by atoms with Gasteiger partial charge in [0.15, 0.2) is 0 Å². The van der Waals surface area contributed by atoms with Crippen LogP contribution in [-0.2, 0) is 21.2 Å². The summed E-state index contributed by atoms with van der Waals surface area (Å²) in [6, 6.07) is 11.0. The van der Waals surface area contributed by atoms with Gasteiger partial charge in [0.25, 0.3) is 10.0 Å². The molecule has 1 atom stereocenters. The highest BCUT2D eigenvalue weighted by Gasteiger charge is 2.27. The number of carbonyl (C=O) groups excluding carboxylic acids is 1. The number of imidazole rings is 1. The molecule has 0 bridgehead atoms. The zero-order valence-electron chi connectivity index (χ0n) is 18.0. The number of nitrogens with one attached hydrogen (secondary N) is 2. The Kier molecular flexibility index (Phi) is 7.55. The van der Waals surface area contributed by atoms with Crippen molar-refractivity contribution in [3.8, 4) is 0 Å². The summed E-state index contributed by atoms with van der Waals surface area (Å²) in [4.78, 5) is 21.5. The molecule has 1 amide bonds. The Morgan fingerprint density at radius 3 is 2.75 bits per heavy atom. The number of piperidine rings is 1. The van der Waals surface area contributed by atoms with Gasteiger partial charge >= 0.3 is 0 Å². The third-order valence-corrected chi connectivity index (χ3v) is 9.66. The Labute approximate surface area is 197 Å². The number of H-pyrrole nitrogens is 1. The molecule has 0 unspecified atom stereocenters. The molecule has 1 aliphatic heterocycles. The van der Waals surface area contributed by atoms with Gasteiger partial charge in [-0.05, 0) is 55.5 Å². The lowest BCUT2D eigenvalue weighted by Gasteiger charge is -2.25. The molecule has 172 valence electrons. The minimum absolute atomic E-state index is 0.139. The standard InChI is InChI=1S/C22H28N4O3S3/c1-30-14-11-19(22-24-17-7-3-4-8-18(17)25-22)23-20(27)15-16-9-10-21(31-16)32(28,29)26-12-5-2-6-13-26/h3-4,7-10,19H,2,5-6,11-15H2,1H3,(H,23,27)(H,24,25)/t19-/m0/s1. The molecule has 10 heteroatoms. The van der Waals surface area contributed by atoms with Crippen molar-refractivity contribution in [2.45, 2.75) is 42.4 Å². The van der Waals surface area contributed by atoms with Crippen LogP contribution in [0.2, 0.25) is 0 Å². The van der Waals surface area contributed by atoms with Gasteiger partial charge in [0.2, 0.25) is 5.91 Å².